The highest BCUT2D eigenvalue weighted by Gasteiger charge is 2.35. The Hall–Kier alpha value is -2.55. The van der Waals surface area contributed by atoms with E-state index in [1.54, 1.807) is 30.3 Å². The minimum Gasteiger partial charge on any atom is -0.496 e. The van der Waals surface area contributed by atoms with Gasteiger partial charge in [-0.3, -0.25) is 9.59 Å². The quantitative estimate of drug-likeness (QED) is 0.408. The van der Waals surface area contributed by atoms with Crippen molar-refractivity contribution in [2.75, 3.05) is 20.3 Å². The molecule has 0 saturated heterocycles. The molecule has 168 valence electrons. The van der Waals surface area contributed by atoms with Crippen LogP contribution in [0.1, 0.15) is 12.8 Å². The minimum atomic E-state index is -0.786. The highest BCUT2D eigenvalue weighted by atomic mass is 79.9. The molecule has 2 aromatic carbocycles. The molecule has 0 radical (unpaired) electrons. The van der Waals surface area contributed by atoms with Gasteiger partial charge in [0, 0.05) is 6.07 Å². The van der Waals surface area contributed by atoms with Gasteiger partial charge in [-0.25, -0.2) is 0 Å². The molecular weight excluding hydrogens is 504 g/mol. The third kappa shape index (κ3) is 4.62. The summed E-state index contributed by atoms with van der Waals surface area (Å²) in [7, 11) is 1.54. The molecule has 1 fully saturated rings. The van der Waals surface area contributed by atoms with Crippen molar-refractivity contribution in [1.82, 2.24) is 0 Å². The fraction of sp³-hybridized carbons (Fsp3) is 0.304. The van der Waals surface area contributed by atoms with Crippen LogP contribution < -0.4 is 14.9 Å². The number of hydrogen-bond acceptors (Lipinski definition) is 6. The summed E-state index contributed by atoms with van der Waals surface area (Å²) in [6.45, 7) is 0.534. The molecule has 9 heteroatoms. The van der Waals surface area contributed by atoms with Crippen molar-refractivity contribution in [3.05, 3.63) is 56.1 Å². The summed E-state index contributed by atoms with van der Waals surface area (Å²) < 4.78 is 23.6. The van der Waals surface area contributed by atoms with Crippen LogP contribution in [0.25, 0.3) is 22.3 Å². The van der Waals surface area contributed by atoms with Gasteiger partial charge < -0.3 is 23.7 Å². The number of ether oxygens (including phenoxy) is 3. The highest BCUT2D eigenvalue weighted by molar-refractivity contribution is 9.10. The second-order valence-corrected chi connectivity index (χ2v) is 8.68. The number of rotatable bonds is 8. The van der Waals surface area contributed by atoms with E-state index in [1.165, 1.54) is 13.2 Å². The summed E-state index contributed by atoms with van der Waals surface area (Å²) in [6.07, 6.45) is 0.956. The zero-order valence-corrected chi connectivity index (χ0v) is 19.4. The van der Waals surface area contributed by atoms with Gasteiger partial charge in [0.25, 0.3) is 0 Å². The van der Waals surface area contributed by atoms with E-state index in [1.807, 2.05) is 0 Å². The van der Waals surface area contributed by atoms with E-state index in [9.17, 15) is 9.59 Å². The van der Waals surface area contributed by atoms with Gasteiger partial charge in [-0.15, -0.1) is 0 Å². The first-order chi connectivity index (χ1) is 15.4. The van der Waals surface area contributed by atoms with Crippen LogP contribution in [-0.4, -0.2) is 37.5 Å². The summed E-state index contributed by atoms with van der Waals surface area (Å²) >= 11 is 9.69. The molecule has 32 heavy (non-hydrogen) atoms. The summed E-state index contributed by atoms with van der Waals surface area (Å²) in [5.74, 6) is 0.187. The predicted octanol–water partition coefficient (Wildman–Crippen LogP) is 5.14. The lowest BCUT2D eigenvalue weighted by Crippen LogP contribution is -2.37. The largest absolute Gasteiger partial charge is 0.496 e. The van der Waals surface area contributed by atoms with Crippen molar-refractivity contribution in [2.24, 2.45) is 5.92 Å². The van der Waals surface area contributed by atoms with E-state index in [4.69, 9.17) is 35.3 Å². The molecule has 1 aliphatic carbocycles. The van der Waals surface area contributed by atoms with Gasteiger partial charge in [0.1, 0.15) is 23.9 Å². The third-order valence-electron chi connectivity index (χ3n) is 5.36. The smallest absolute Gasteiger partial charge is 0.306 e. The maximum Gasteiger partial charge on any atom is 0.306 e. The Kier molecular flexibility index (Phi) is 6.74. The molecule has 0 unspecified atom stereocenters. The summed E-state index contributed by atoms with van der Waals surface area (Å²) in [5, 5.41) is 9.67. The Bertz CT molecular complexity index is 1220. The SMILES string of the molecule is COc1cc(-c2cc(=O)c3cccc(Cl)c3o2)c(OCCOC2CC(C(=O)O)C2)cc1Br. The average Bonchev–Trinajstić information content (AvgIpc) is 2.72. The second kappa shape index (κ2) is 9.52. The molecule has 1 N–H and O–H groups in total. The number of carbonyl (C=O) groups is 1. The number of para-hydroxylation sites is 1. The van der Waals surface area contributed by atoms with Crippen LogP contribution in [0.4, 0.5) is 0 Å². The lowest BCUT2D eigenvalue weighted by Gasteiger charge is -2.32. The fourth-order valence-corrected chi connectivity index (χ4v) is 4.25. The van der Waals surface area contributed by atoms with E-state index in [0.29, 0.717) is 62.7 Å². The fourth-order valence-electron chi connectivity index (χ4n) is 3.55. The lowest BCUT2D eigenvalue weighted by molar-refractivity contribution is -0.151. The molecular formula is C23H20BrClO7. The first-order valence-corrected chi connectivity index (χ1v) is 11.1. The standard InChI is InChI=1S/C23H20BrClO7/c1-29-21-9-15(20-11-18(26)14-3-2-4-17(25)22(14)32-20)19(10-16(21)24)31-6-5-30-13-7-12(8-13)23(27)28/h2-4,9-13H,5-8H2,1H3,(H,27,28). The Morgan fingerprint density at radius 3 is 2.72 bits per heavy atom. The minimum absolute atomic E-state index is 0.0672. The van der Waals surface area contributed by atoms with Crippen molar-refractivity contribution < 1.29 is 28.5 Å². The van der Waals surface area contributed by atoms with Crippen LogP contribution in [0.3, 0.4) is 0 Å². The average molecular weight is 524 g/mol. The first-order valence-electron chi connectivity index (χ1n) is 9.95. The topological polar surface area (TPSA) is 95.2 Å². The molecule has 0 bridgehead atoms. The van der Waals surface area contributed by atoms with Gasteiger partial charge in [0.2, 0.25) is 0 Å². The van der Waals surface area contributed by atoms with Gasteiger partial charge in [-0.2, -0.15) is 0 Å². The van der Waals surface area contributed by atoms with Gasteiger partial charge in [0.15, 0.2) is 11.0 Å². The number of methoxy groups -OCH3 is 1. The Morgan fingerprint density at radius 1 is 1.22 bits per heavy atom. The molecule has 7 nitrogen and oxygen atoms in total. The number of fused-ring (bicyclic) bond motifs is 1. The van der Waals surface area contributed by atoms with Crippen LogP contribution in [0.15, 0.2) is 50.1 Å². The number of hydrogen-bond donors (Lipinski definition) is 1. The maximum atomic E-state index is 12.6. The zero-order valence-electron chi connectivity index (χ0n) is 17.1. The van der Waals surface area contributed by atoms with E-state index < -0.39 is 5.97 Å². The van der Waals surface area contributed by atoms with E-state index in [2.05, 4.69) is 15.9 Å². The van der Waals surface area contributed by atoms with Gasteiger partial charge >= 0.3 is 5.97 Å². The predicted molar refractivity (Wildman–Crippen MR) is 123 cm³/mol. The van der Waals surface area contributed by atoms with Gasteiger partial charge in [-0.05, 0) is 53.0 Å². The number of aliphatic carboxylic acids is 1. The molecule has 0 aliphatic heterocycles. The highest BCUT2D eigenvalue weighted by Crippen LogP contribution is 2.39. The zero-order chi connectivity index (χ0) is 22.8. The number of halogens is 2. The molecule has 1 heterocycles. The Labute approximate surface area is 197 Å². The summed E-state index contributed by atoms with van der Waals surface area (Å²) in [6, 6.07) is 9.84. The molecule has 3 aromatic rings. The monoisotopic (exact) mass is 522 g/mol. The second-order valence-electron chi connectivity index (χ2n) is 7.42. The van der Waals surface area contributed by atoms with Crippen LogP contribution >= 0.6 is 27.5 Å². The van der Waals surface area contributed by atoms with E-state index >= 15 is 0 Å². The van der Waals surface area contributed by atoms with Crippen LogP contribution in [0, 0.1) is 5.92 Å². The van der Waals surface area contributed by atoms with E-state index in [0.717, 1.165) is 0 Å². The van der Waals surface area contributed by atoms with Crippen molar-refractivity contribution in [3.63, 3.8) is 0 Å². The normalized spacial score (nSPS) is 17.7. The molecule has 0 spiro atoms. The van der Waals surface area contributed by atoms with Crippen molar-refractivity contribution in [2.45, 2.75) is 18.9 Å². The maximum absolute atomic E-state index is 12.6. The molecule has 0 amide bonds. The first kappa shape index (κ1) is 22.6. The number of carboxylic acids is 1. The molecule has 1 aliphatic rings. The van der Waals surface area contributed by atoms with Crippen LogP contribution in [0.5, 0.6) is 11.5 Å². The van der Waals surface area contributed by atoms with E-state index in [-0.39, 0.29) is 24.1 Å². The molecule has 1 saturated carbocycles. The number of carboxylic acid groups (broad SMARTS) is 1. The van der Waals surface area contributed by atoms with Crippen molar-refractivity contribution >= 4 is 44.5 Å². The number of benzene rings is 2. The Balaban J connectivity index is 1.57. The third-order valence-corrected chi connectivity index (χ3v) is 6.28. The van der Waals surface area contributed by atoms with Crippen molar-refractivity contribution in [1.29, 1.82) is 0 Å². The summed E-state index contributed by atoms with van der Waals surface area (Å²) in [4.78, 5) is 23.5. The van der Waals surface area contributed by atoms with Crippen molar-refractivity contribution in [3.8, 4) is 22.8 Å². The Morgan fingerprint density at radius 2 is 2.00 bits per heavy atom. The molecule has 1 aromatic heterocycles. The lowest BCUT2D eigenvalue weighted by atomic mass is 9.82. The summed E-state index contributed by atoms with van der Waals surface area (Å²) in [5.41, 5.74) is 0.599. The van der Waals surface area contributed by atoms with Gasteiger partial charge in [0.05, 0.1) is 46.2 Å². The van der Waals surface area contributed by atoms with Gasteiger partial charge in [-0.1, -0.05) is 17.7 Å². The van der Waals surface area contributed by atoms with Crippen LogP contribution in [0.2, 0.25) is 5.02 Å². The molecule has 0 atom stereocenters. The molecule has 4 rings (SSSR count). The van der Waals surface area contributed by atoms with Crippen LogP contribution in [-0.2, 0) is 9.53 Å².